The summed E-state index contributed by atoms with van der Waals surface area (Å²) in [6.45, 7) is 3.56. The predicted octanol–water partition coefficient (Wildman–Crippen LogP) is 3.41. The summed E-state index contributed by atoms with van der Waals surface area (Å²) >= 11 is 3.48. The number of benzene rings is 1. The van der Waals surface area contributed by atoms with Gasteiger partial charge in [-0.05, 0) is 97.8 Å². The monoisotopic (exact) mass is 464 g/mol. The summed E-state index contributed by atoms with van der Waals surface area (Å²) in [7, 11) is 1.60. The zero-order valence-electron chi connectivity index (χ0n) is 17.2. The van der Waals surface area contributed by atoms with Crippen molar-refractivity contribution in [3.8, 4) is 11.5 Å². The van der Waals surface area contributed by atoms with E-state index in [0.29, 0.717) is 29.3 Å². The molecule has 3 N–H and O–H groups in total. The third kappa shape index (κ3) is 3.62. The minimum Gasteiger partial charge on any atom is -0.497 e. The highest BCUT2D eigenvalue weighted by molar-refractivity contribution is 9.10. The van der Waals surface area contributed by atoms with Gasteiger partial charge in [-0.1, -0.05) is 0 Å². The Morgan fingerprint density at radius 2 is 1.86 bits per heavy atom. The molecule has 0 saturated heterocycles. The summed E-state index contributed by atoms with van der Waals surface area (Å²) in [5.41, 5.74) is 4.38. The molecule has 6 nitrogen and oxygen atoms in total. The molecule has 7 heteroatoms. The predicted molar refractivity (Wildman–Crippen MR) is 113 cm³/mol. The van der Waals surface area contributed by atoms with Crippen molar-refractivity contribution >= 4 is 27.7 Å². The molecule has 2 atom stereocenters. The minimum absolute atomic E-state index is 0.0914. The van der Waals surface area contributed by atoms with Crippen LogP contribution >= 0.6 is 15.9 Å². The highest BCUT2D eigenvalue weighted by atomic mass is 79.9. The fourth-order valence-electron chi connectivity index (χ4n) is 5.90. The molecular formula is C22H29BrN2O4. The molecule has 29 heavy (non-hydrogen) atoms. The average molecular weight is 465 g/mol. The number of ether oxygens (including phenoxy) is 2. The second-order valence-electron chi connectivity index (χ2n) is 9.52. The van der Waals surface area contributed by atoms with Gasteiger partial charge < -0.3 is 20.5 Å². The number of methoxy groups -OCH3 is 1. The molecular weight excluding hydrogens is 436 g/mol. The van der Waals surface area contributed by atoms with Gasteiger partial charge in [-0.3, -0.25) is 9.59 Å². The van der Waals surface area contributed by atoms with Crippen molar-refractivity contribution in [3.63, 3.8) is 0 Å². The van der Waals surface area contributed by atoms with Crippen LogP contribution < -0.4 is 20.5 Å². The lowest BCUT2D eigenvalue weighted by molar-refractivity contribution is -0.150. The Kier molecular flexibility index (Phi) is 5.08. The van der Waals surface area contributed by atoms with E-state index in [-0.39, 0.29) is 23.3 Å². The van der Waals surface area contributed by atoms with Crippen LogP contribution in [0.5, 0.6) is 11.5 Å². The Bertz CT molecular complexity index is 824. The highest BCUT2D eigenvalue weighted by Gasteiger charge is 2.58. The molecule has 0 aromatic heterocycles. The smallest absolute Gasteiger partial charge is 0.263 e. The average Bonchev–Trinajstić information content (AvgIpc) is 2.65. The van der Waals surface area contributed by atoms with E-state index >= 15 is 0 Å². The standard InChI is InChI=1S/C22H29BrN2O4/c1-21(2,29-17-5-4-15(28-3)8-16(17)23)20(27)25-18-13-6-12-7-14(18)11-22(9-12,10-13)19(24)26/h4-5,8,12-14,18H,6-7,9-11H2,1-3H3,(H2,24,26)(H,25,27). The molecule has 4 aliphatic rings. The van der Waals surface area contributed by atoms with Gasteiger partial charge in [-0.25, -0.2) is 0 Å². The number of hydrogen-bond donors (Lipinski definition) is 2. The number of primary amides is 1. The molecule has 4 saturated carbocycles. The van der Waals surface area contributed by atoms with Crippen LogP contribution in [0.25, 0.3) is 0 Å². The zero-order valence-corrected chi connectivity index (χ0v) is 18.8. The van der Waals surface area contributed by atoms with Crippen molar-refractivity contribution in [2.24, 2.45) is 28.9 Å². The van der Waals surface area contributed by atoms with E-state index in [2.05, 4.69) is 21.2 Å². The summed E-state index contributed by atoms with van der Waals surface area (Å²) in [5, 5.41) is 3.26. The number of carbonyl (C=O) groups excluding carboxylic acids is 2. The Hall–Kier alpha value is -1.76. The number of nitrogens with two attached hydrogens (primary N) is 1. The molecule has 4 aliphatic carbocycles. The summed E-state index contributed by atoms with van der Waals surface area (Å²) in [6, 6.07) is 5.49. The molecule has 0 aliphatic heterocycles. The Morgan fingerprint density at radius 3 is 2.41 bits per heavy atom. The molecule has 0 radical (unpaired) electrons. The molecule has 1 aromatic carbocycles. The van der Waals surface area contributed by atoms with Gasteiger partial charge in [0.25, 0.3) is 5.91 Å². The largest absolute Gasteiger partial charge is 0.497 e. The van der Waals surface area contributed by atoms with Crippen LogP contribution in [0.4, 0.5) is 0 Å². The van der Waals surface area contributed by atoms with Gasteiger partial charge in [0.1, 0.15) is 11.5 Å². The summed E-state index contributed by atoms with van der Waals surface area (Å²) in [4.78, 5) is 25.3. The molecule has 4 fully saturated rings. The maximum absolute atomic E-state index is 13.1. The second-order valence-corrected chi connectivity index (χ2v) is 10.4. The fourth-order valence-corrected chi connectivity index (χ4v) is 6.34. The maximum Gasteiger partial charge on any atom is 0.263 e. The SMILES string of the molecule is COc1ccc(OC(C)(C)C(=O)NC2C3CC4CC2CC(C(N)=O)(C4)C3)c(Br)c1. The number of hydrogen-bond acceptors (Lipinski definition) is 4. The van der Waals surface area contributed by atoms with Crippen molar-refractivity contribution in [1.82, 2.24) is 5.32 Å². The summed E-state index contributed by atoms with van der Waals surface area (Å²) in [5.74, 6) is 2.21. The Labute approximate surface area is 180 Å². The van der Waals surface area contributed by atoms with Crippen LogP contribution in [0.2, 0.25) is 0 Å². The first-order valence-electron chi connectivity index (χ1n) is 10.3. The number of nitrogens with one attached hydrogen (secondary N) is 1. The quantitative estimate of drug-likeness (QED) is 0.674. The molecule has 5 rings (SSSR count). The minimum atomic E-state index is -1.03. The Balaban J connectivity index is 1.46. The topological polar surface area (TPSA) is 90.7 Å². The van der Waals surface area contributed by atoms with Crippen molar-refractivity contribution in [3.05, 3.63) is 22.7 Å². The molecule has 0 heterocycles. The zero-order chi connectivity index (χ0) is 21.0. The summed E-state index contributed by atoms with van der Waals surface area (Å²) in [6.07, 6.45) is 4.66. The third-order valence-electron chi connectivity index (χ3n) is 7.14. The van der Waals surface area contributed by atoms with Crippen molar-refractivity contribution in [2.45, 2.75) is 57.6 Å². The van der Waals surface area contributed by atoms with Gasteiger partial charge in [-0.15, -0.1) is 0 Å². The first-order chi connectivity index (χ1) is 13.6. The highest BCUT2D eigenvalue weighted by Crippen LogP contribution is 2.60. The lowest BCUT2D eigenvalue weighted by Crippen LogP contribution is -2.63. The molecule has 0 spiro atoms. The van der Waals surface area contributed by atoms with E-state index in [1.54, 1.807) is 33.1 Å². The van der Waals surface area contributed by atoms with Crippen LogP contribution in [0.1, 0.15) is 46.0 Å². The van der Waals surface area contributed by atoms with E-state index in [4.69, 9.17) is 15.2 Å². The fraction of sp³-hybridized carbons (Fsp3) is 0.636. The van der Waals surface area contributed by atoms with E-state index in [9.17, 15) is 9.59 Å². The van der Waals surface area contributed by atoms with E-state index in [1.807, 2.05) is 6.07 Å². The number of carbonyl (C=O) groups is 2. The van der Waals surface area contributed by atoms with Crippen LogP contribution in [0.3, 0.4) is 0 Å². The van der Waals surface area contributed by atoms with Gasteiger partial charge >= 0.3 is 0 Å². The van der Waals surface area contributed by atoms with Gasteiger partial charge in [-0.2, -0.15) is 0 Å². The lowest BCUT2D eigenvalue weighted by Gasteiger charge is -2.59. The molecule has 2 unspecified atom stereocenters. The Morgan fingerprint density at radius 1 is 1.21 bits per heavy atom. The van der Waals surface area contributed by atoms with Crippen LogP contribution in [0.15, 0.2) is 22.7 Å². The third-order valence-corrected chi connectivity index (χ3v) is 7.76. The summed E-state index contributed by atoms with van der Waals surface area (Å²) < 4.78 is 12.0. The van der Waals surface area contributed by atoms with Gasteiger partial charge in [0.05, 0.1) is 11.6 Å². The van der Waals surface area contributed by atoms with Crippen LogP contribution in [-0.4, -0.2) is 30.6 Å². The van der Waals surface area contributed by atoms with Crippen LogP contribution in [0, 0.1) is 23.2 Å². The maximum atomic E-state index is 13.1. The van der Waals surface area contributed by atoms with E-state index in [0.717, 1.165) is 36.6 Å². The number of amides is 2. The van der Waals surface area contributed by atoms with E-state index in [1.165, 1.54) is 0 Å². The number of rotatable bonds is 6. The number of halogens is 1. The van der Waals surface area contributed by atoms with E-state index < -0.39 is 5.60 Å². The van der Waals surface area contributed by atoms with Crippen LogP contribution in [-0.2, 0) is 9.59 Å². The van der Waals surface area contributed by atoms with Gasteiger partial charge in [0.2, 0.25) is 5.91 Å². The molecule has 4 bridgehead atoms. The van der Waals surface area contributed by atoms with Gasteiger partial charge in [0, 0.05) is 11.5 Å². The van der Waals surface area contributed by atoms with Crippen molar-refractivity contribution in [1.29, 1.82) is 0 Å². The first kappa shape index (κ1) is 20.5. The van der Waals surface area contributed by atoms with Crippen molar-refractivity contribution < 1.29 is 19.1 Å². The normalized spacial score (nSPS) is 32.7. The van der Waals surface area contributed by atoms with Crippen molar-refractivity contribution in [2.75, 3.05) is 7.11 Å². The van der Waals surface area contributed by atoms with Gasteiger partial charge in [0.15, 0.2) is 5.60 Å². The molecule has 1 aromatic rings. The lowest BCUT2D eigenvalue weighted by atomic mass is 9.47. The molecule has 2 amide bonds. The first-order valence-corrected chi connectivity index (χ1v) is 11.1. The second kappa shape index (κ2) is 7.18. The molecule has 158 valence electrons.